The van der Waals surface area contributed by atoms with Crippen LogP contribution in [0.15, 0.2) is 18.2 Å². The number of unbranched alkanes of at least 4 members (excludes halogenated alkanes) is 1. The molecule has 87 valence electrons. The molecule has 0 aromatic heterocycles. The van der Waals surface area contributed by atoms with Gasteiger partial charge in [0.1, 0.15) is 5.75 Å². The molecule has 3 heteroatoms. The average molecular weight is 229 g/mol. The zero-order valence-corrected chi connectivity index (χ0v) is 9.62. The van der Waals surface area contributed by atoms with Crippen LogP contribution in [0.3, 0.4) is 0 Å². The van der Waals surface area contributed by atoms with Gasteiger partial charge < -0.3 is 5.11 Å². The fourth-order valence-corrected chi connectivity index (χ4v) is 1.98. The van der Waals surface area contributed by atoms with E-state index in [0.717, 1.165) is 12.8 Å². The van der Waals surface area contributed by atoms with Crippen molar-refractivity contribution < 1.29 is 14.7 Å². The van der Waals surface area contributed by atoms with E-state index in [-0.39, 0.29) is 5.75 Å². The maximum absolute atomic E-state index is 11.8. The highest BCUT2D eigenvalue weighted by atomic mass is 16.3. The Bertz CT molecular complexity index is 596. The first kappa shape index (κ1) is 11.6. The van der Waals surface area contributed by atoms with Crippen molar-refractivity contribution in [2.24, 2.45) is 0 Å². The number of hydrogen-bond donors (Lipinski definition) is 1. The molecule has 0 heterocycles. The lowest BCUT2D eigenvalue weighted by molar-refractivity contribution is -0.129. The first-order valence-corrected chi connectivity index (χ1v) is 5.69. The van der Waals surface area contributed by atoms with Gasteiger partial charge in [-0.3, -0.25) is 9.59 Å². The molecule has 0 spiro atoms. The van der Waals surface area contributed by atoms with E-state index in [1.165, 1.54) is 6.07 Å². The van der Waals surface area contributed by atoms with E-state index in [1.54, 1.807) is 12.1 Å². The highest BCUT2D eigenvalue weighted by Crippen LogP contribution is 2.13. The van der Waals surface area contributed by atoms with Gasteiger partial charge in [-0.15, -0.1) is 0 Å². The number of phenolic OH excluding ortho intramolecular Hbond substituents is 1. The van der Waals surface area contributed by atoms with Gasteiger partial charge in [-0.05, 0) is 24.1 Å². The Morgan fingerprint density at radius 1 is 1.29 bits per heavy atom. The molecule has 1 aliphatic carbocycles. The molecule has 1 N–H and O–H groups in total. The van der Waals surface area contributed by atoms with E-state index in [9.17, 15) is 14.7 Å². The third kappa shape index (κ3) is 2.00. The van der Waals surface area contributed by atoms with Crippen molar-refractivity contribution in [3.05, 3.63) is 28.6 Å². The predicted octanol–water partition coefficient (Wildman–Crippen LogP) is 0.542. The molecule has 0 saturated carbocycles. The summed E-state index contributed by atoms with van der Waals surface area (Å²) in [6, 6.07) is 4.85. The second-order valence-electron chi connectivity index (χ2n) is 4.07. The monoisotopic (exact) mass is 229 g/mol. The van der Waals surface area contributed by atoms with Gasteiger partial charge in [0.15, 0.2) is 0 Å². The summed E-state index contributed by atoms with van der Waals surface area (Å²) in [5.74, 6) is -1.11. The second kappa shape index (κ2) is 4.53. The van der Waals surface area contributed by atoms with Crippen LogP contribution in [-0.2, 0) is 9.59 Å². The first-order chi connectivity index (χ1) is 8.15. The number of phenols is 1. The third-order valence-corrected chi connectivity index (χ3v) is 2.85. The van der Waals surface area contributed by atoms with Crippen LogP contribution in [0, 0.1) is 0 Å². The Kier molecular flexibility index (Phi) is 3.09. The number of carbonyl (C=O) groups is 2. The average Bonchev–Trinajstić information content (AvgIpc) is 2.30. The van der Waals surface area contributed by atoms with Crippen LogP contribution in [-0.4, -0.2) is 16.7 Å². The Hall–Kier alpha value is -1.90. The quantitative estimate of drug-likeness (QED) is 0.770. The highest BCUT2D eigenvalue weighted by molar-refractivity contribution is 6.60. The third-order valence-electron chi connectivity index (χ3n) is 2.85. The zero-order chi connectivity index (χ0) is 12.4. The molecule has 1 aliphatic rings. The minimum Gasteiger partial charge on any atom is -0.507 e. The van der Waals surface area contributed by atoms with Crippen molar-refractivity contribution in [2.75, 3.05) is 0 Å². The summed E-state index contributed by atoms with van der Waals surface area (Å²) in [6.07, 6.45) is 4.76. The molecule has 0 amide bonds. The van der Waals surface area contributed by atoms with Gasteiger partial charge in [-0.1, -0.05) is 25.5 Å². The van der Waals surface area contributed by atoms with Crippen molar-refractivity contribution in [3.8, 4) is 5.75 Å². The Balaban J connectivity index is 2.74. The molecule has 0 saturated heterocycles. The lowest BCUT2D eigenvalue weighted by atomic mass is 9.93. The first-order valence-electron chi connectivity index (χ1n) is 5.69. The number of ketones is 2. The minimum absolute atomic E-state index is 0.0435. The summed E-state index contributed by atoms with van der Waals surface area (Å²) in [4.78, 5) is 23.3. The van der Waals surface area contributed by atoms with Crippen LogP contribution in [0.4, 0.5) is 0 Å². The van der Waals surface area contributed by atoms with Crippen molar-refractivity contribution in [3.63, 3.8) is 0 Å². The van der Waals surface area contributed by atoms with Gasteiger partial charge in [-0.2, -0.15) is 0 Å². The van der Waals surface area contributed by atoms with E-state index < -0.39 is 11.6 Å². The standard InChI is InChI=1S/C14H13O3/c1-2-3-6-10-13-9(5-4-7-11(13)15)8-12(16)14(10)17/h4-5,7,15H,2-3,6H2,1H3. The number of aromatic hydroxyl groups is 1. The molecule has 0 bridgehead atoms. The zero-order valence-electron chi connectivity index (χ0n) is 9.62. The molecule has 1 aromatic carbocycles. The number of fused-ring (bicyclic) bond motifs is 1. The molecule has 17 heavy (non-hydrogen) atoms. The van der Waals surface area contributed by atoms with Crippen LogP contribution >= 0.6 is 0 Å². The molecule has 1 radical (unpaired) electrons. The van der Waals surface area contributed by atoms with E-state index in [2.05, 4.69) is 6.08 Å². The SMILES string of the molecule is CCCCC1=c2c(O)cccc2=[C]C(=O)C1=O. The summed E-state index contributed by atoms with van der Waals surface area (Å²) in [6.45, 7) is 2.01. The maximum atomic E-state index is 11.8. The Labute approximate surface area is 99.1 Å². The predicted molar refractivity (Wildman–Crippen MR) is 63.7 cm³/mol. The molecule has 1 aromatic rings. The van der Waals surface area contributed by atoms with Crippen molar-refractivity contribution in [1.82, 2.24) is 0 Å². The van der Waals surface area contributed by atoms with Gasteiger partial charge in [-0.25, -0.2) is 0 Å². The molecular weight excluding hydrogens is 216 g/mol. The van der Waals surface area contributed by atoms with Crippen LogP contribution in [0.25, 0.3) is 11.6 Å². The number of Topliss-reactive ketones (excluding diaryl/α,β-unsaturated/α-hetero) is 2. The Morgan fingerprint density at radius 2 is 2.06 bits per heavy atom. The fraction of sp³-hybridized carbons (Fsp3) is 0.286. The number of rotatable bonds is 3. The van der Waals surface area contributed by atoms with E-state index in [1.807, 2.05) is 6.92 Å². The smallest absolute Gasteiger partial charge is 0.234 e. The highest BCUT2D eigenvalue weighted by Gasteiger charge is 2.22. The van der Waals surface area contributed by atoms with E-state index in [0.29, 0.717) is 22.4 Å². The molecule has 0 atom stereocenters. The summed E-state index contributed by atoms with van der Waals surface area (Å²) in [7, 11) is 0. The lowest BCUT2D eigenvalue weighted by Crippen LogP contribution is -2.37. The van der Waals surface area contributed by atoms with E-state index in [4.69, 9.17) is 0 Å². The van der Waals surface area contributed by atoms with E-state index >= 15 is 0 Å². The van der Waals surface area contributed by atoms with Gasteiger partial charge in [0, 0.05) is 16.9 Å². The maximum Gasteiger partial charge on any atom is 0.234 e. The van der Waals surface area contributed by atoms with Crippen LogP contribution < -0.4 is 10.4 Å². The molecule has 0 fully saturated rings. The summed E-state index contributed by atoms with van der Waals surface area (Å²) < 4.78 is 0. The molecular formula is C14H13O3. The number of hydrogen-bond acceptors (Lipinski definition) is 3. The van der Waals surface area contributed by atoms with Crippen molar-refractivity contribution >= 4 is 23.2 Å². The summed E-state index contributed by atoms with van der Waals surface area (Å²) in [5, 5.41) is 10.8. The lowest BCUT2D eigenvalue weighted by Gasteiger charge is -2.09. The molecule has 3 nitrogen and oxygen atoms in total. The molecule has 2 rings (SSSR count). The van der Waals surface area contributed by atoms with Crippen molar-refractivity contribution in [1.29, 1.82) is 0 Å². The largest absolute Gasteiger partial charge is 0.507 e. The van der Waals surface area contributed by atoms with Crippen LogP contribution in [0.2, 0.25) is 0 Å². The van der Waals surface area contributed by atoms with Gasteiger partial charge in [0.25, 0.3) is 0 Å². The molecule has 0 aliphatic heterocycles. The number of benzene rings is 1. The van der Waals surface area contributed by atoms with Crippen molar-refractivity contribution in [2.45, 2.75) is 26.2 Å². The second-order valence-corrected chi connectivity index (χ2v) is 4.07. The number of carbonyl (C=O) groups excluding carboxylic acids is 2. The normalized spacial score (nSPS) is 14.5. The van der Waals surface area contributed by atoms with Gasteiger partial charge in [0.2, 0.25) is 11.6 Å². The van der Waals surface area contributed by atoms with Crippen LogP contribution in [0.1, 0.15) is 26.2 Å². The summed E-state index contributed by atoms with van der Waals surface area (Å²) >= 11 is 0. The topological polar surface area (TPSA) is 54.4 Å². The van der Waals surface area contributed by atoms with Crippen LogP contribution in [0.5, 0.6) is 5.75 Å². The summed E-state index contributed by atoms with van der Waals surface area (Å²) in [5.41, 5.74) is 0.420. The Morgan fingerprint density at radius 3 is 2.76 bits per heavy atom. The van der Waals surface area contributed by atoms with Gasteiger partial charge in [0.05, 0.1) is 0 Å². The fourth-order valence-electron chi connectivity index (χ4n) is 1.98. The van der Waals surface area contributed by atoms with Gasteiger partial charge >= 0.3 is 0 Å². The minimum atomic E-state index is -0.616. The molecule has 0 unspecified atom stereocenters.